The predicted octanol–water partition coefficient (Wildman–Crippen LogP) is 4.17. The van der Waals surface area contributed by atoms with Crippen molar-refractivity contribution in [3.8, 4) is 0 Å². The van der Waals surface area contributed by atoms with E-state index in [2.05, 4.69) is 25.2 Å². The molecule has 3 atom stereocenters. The third kappa shape index (κ3) is 2.76. The van der Waals surface area contributed by atoms with Gasteiger partial charge in [-0.3, -0.25) is 0 Å². The lowest BCUT2D eigenvalue weighted by atomic mass is 9.69. The first-order chi connectivity index (χ1) is 9.57. The van der Waals surface area contributed by atoms with Gasteiger partial charge in [-0.1, -0.05) is 32.4 Å². The highest BCUT2D eigenvalue weighted by Crippen LogP contribution is 2.57. The Balaban J connectivity index is 1.79. The zero-order valence-electron chi connectivity index (χ0n) is 12.7. The van der Waals surface area contributed by atoms with Gasteiger partial charge in [0.1, 0.15) is 5.82 Å². The molecule has 1 aromatic rings. The Bertz CT molecular complexity index is 470. The molecule has 3 rings (SSSR count). The summed E-state index contributed by atoms with van der Waals surface area (Å²) in [6, 6.07) is 7.73. The highest BCUT2D eigenvalue weighted by Gasteiger charge is 2.50. The molecule has 2 aliphatic rings. The summed E-state index contributed by atoms with van der Waals surface area (Å²) in [7, 11) is 0. The number of hydrogen-bond donors (Lipinski definition) is 1. The van der Waals surface area contributed by atoms with Crippen molar-refractivity contribution in [1.29, 1.82) is 0 Å². The van der Waals surface area contributed by atoms with E-state index in [0.29, 0.717) is 11.5 Å². The van der Waals surface area contributed by atoms with Crippen LogP contribution < -0.4 is 5.32 Å². The fourth-order valence-corrected chi connectivity index (χ4v) is 4.51. The first-order valence-electron chi connectivity index (χ1n) is 8.05. The maximum absolute atomic E-state index is 13.5. The zero-order valence-corrected chi connectivity index (χ0v) is 12.7. The van der Waals surface area contributed by atoms with Crippen LogP contribution in [0.2, 0.25) is 0 Å². The molecular weight excluding hydrogens is 249 g/mol. The molecule has 0 aliphatic heterocycles. The Kier molecular flexibility index (Phi) is 3.85. The second-order valence-corrected chi connectivity index (χ2v) is 7.28. The third-order valence-electron chi connectivity index (χ3n) is 5.41. The Morgan fingerprint density at radius 2 is 2.20 bits per heavy atom. The van der Waals surface area contributed by atoms with Crippen molar-refractivity contribution in [2.45, 2.75) is 52.0 Å². The minimum atomic E-state index is -0.0994. The third-order valence-corrected chi connectivity index (χ3v) is 5.41. The molecule has 0 heterocycles. The fraction of sp³-hybridized carbons (Fsp3) is 0.667. The van der Waals surface area contributed by atoms with Gasteiger partial charge in [-0.15, -0.1) is 0 Å². The second-order valence-electron chi connectivity index (χ2n) is 7.28. The first kappa shape index (κ1) is 14.1. The summed E-state index contributed by atoms with van der Waals surface area (Å²) in [4.78, 5) is 0. The normalized spacial score (nSPS) is 32.2. The molecular formula is C18H26FN. The van der Waals surface area contributed by atoms with Crippen LogP contribution in [0.25, 0.3) is 0 Å². The highest BCUT2D eigenvalue weighted by molar-refractivity contribution is 5.20. The van der Waals surface area contributed by atoms with Gasteiger partial charge in [-0.2, -0.15) is 0 Å². The SMILES string of the molecule is CC(C)NCC1(Cc2cccc(F)c2)CC2CCC1C2. The minimum Gasteiger partial charge on any atom is -0.314 e. The van der Waals surface area contributed by atoms with Crippen LogP contribution in [-0.2, 0) is 6.42 Å². The van der Waals surface area contributed by atoms with Crippen molar-refractivity contribution in [2.75, 3.05) is 6.54 Å². The fourth-order valence-electron chi connectivity index (χ4n) is 4.51. The summed E-state index contributed by atoms with van der Waals surface area (Å²) in [6.07, 6.45) is 6.55. The molecule has 0 amide bonds. The zero-order chi connectivity index (χ0) is 14.2. The summed E-state index contributed by atoms with van der Waals surface area (Å²) in [6.45, 7) is 5.51. The Morgan fingerprint density at radius 3 is 2.80 bits per heavy atom. The number of benzene rings is 1. The van der Waals surface area contributed by atoms with Crippen LogP contribution in [0.15, 0.2) is 24.3 Å². The molecule has 20 heavy (non-hydrogen) atoms. The first-order valence-corrected chi connectivity index (χ1v) is 8.05. The van der Waals surface area contributed by atoms with Crippen LogP contribution in [-0.4, -0.2) is 12.6 Å². The number of hydrogen-bond acceptors (Lipinski definition) is 1. The van der Waals surface area contributed by atoms with Gasteiger partial charge >= 0.3 is 0 Å². The lowest BCUT2D eigenvalue weighted by Crippen LogP contribution is -2.42. The van der Waals surface area contributed by atoms with Crippen LogP contribution in [0.3, 0.4) is 0 Å². The molecule has 110 valence electrons. The van der Waals surface area contributed by atoms with Crippen molar-refractivity contribution < 1.29 is 4.39 Å². The van der Waals surface area contributed by atoms with E-state index in [1.54, 1.807) is 12.1 Å². The molecule has 2 bridgehead atoms. The molecule has 1 nitrogen and oxygen atoms in total. The largest absolute Gasteiger partial charge is 0.314 e. The van der Waals surface area contributed by atoms with Crippen molar-refractivity contribution in [3.63, 3.8) is 0 Å². The second kappa shape index (κ2) is 5.48. The number of fused-ring (bicyclic) bond motifs is 2. The summed E-state index contributed by atoms with van der Waals surface area (Å²) in [5.41, 5.74) is 1.53. The van der Waals surface area contributed by atoms with E-state index in [9.17, 15) is 4.39 Å². The standard InChI is InChI=1S/C18H26FN/c1-13(2)20-12-18(11-15-6-7-16(18)8-15)10-14-4-3-5-17(19)9-14/h3-5,9,13,15-16,20H,6-8,10-12H2,1-2H3. The van der Waals surface area contributed by atoms with Crippen LogP contribution in [0.5, 0.6) is 0 Å². The molecule has 1 aromatic carbocycles. The molecule has 0 saturated heterocycles. The lowest BCUT2D eigenvalue weighted by molar-refractivity contribution is 0.152. The molecule has 2 aliphatic carbocycles. The maximum Gasteiger partial charge on any atom is 0.123 e. The molecule has 1 N–H and O–H groups in total. The Morgan fingerprint density at radius 1 is 1.35 bits per heavy atom. The highest BCUT2D eigenvalue weighted by atomic mass is 19.1. The van der Waals surface area contributed by atoms with Crippen LogP contribution >= 0.6 is 0 Å². The average molecular weight is 275 g/mol. The number of rotatable bonds is 5. The Labute approximate surface area is 122 Å². The van der Waals surface area contributed by atoms with Crippen molar-refractivity contribution in [2.24, 2.45) is 17.3 Å². The van der Waals surface area contributed by atoms with E-state index in [0.717, 1.165) is 24.8 Å². The van der Waals surface area contributed by atoms with Gasteiger partial charge in [0.15, 0.2) is 0 Å². The predicted molar refractivity (Wildman–Crippen MR) is 81.1 cm³/mol. The van der Waals surface area contributed by atoms with E-state index in [1.807, 2.05) is 6.07 Å². The molecule has 0 aromatic heterocycles. The van der Waals surface area contributed by atoms with Crippen LogP contribution in [0.1, 0.15) is 45.1 Å². The lowest BCUT2D eigenvalue weighted by Gasteiger charge is -2.39. The monoisotopic (exact) mass is 275 g/mol. The molecule has 2 heteroatoms. The van der Waals surface area contributed by atoms with Crippen LogP contribution in [0.4, 0.5) is 4.39 Å². The van der Waals surface area contributed by atoms with E-state index >= 15 is 0 Å². The number of halogens is 1. The molecule has 3 unspecified atom stereocenters. The van der Waals surface area contributed by atoms with Gasteiger partial charge in [-0.05, 0) is 60.6 Å². The molecule has 2 saturated carbocycles. The molecule has 2 fully saturated rings. The van der Waals surface area contributed by atoms with E-state index in [1.165, 1.54) is 31.2 Å². The summed E-state index contributed by atoms with van der Waals surface area (Å²) >= 11 is 0. The maximum atomic E-state index is 13.5. The van der Waals surface area contributed by atoms with Crippen LogP contribution in [0, 0.1) is 23.1 Å². The minimum absolute atomic E-state index is 0.0994. The van der Waals surface area contributed by atoms with Crippen molar-refractivity contribution >= 4 is 0 Å². The smallest absolute Gasteiger partial charge is 0.123 e. The van der Waals surface area contributed by atoms with Crippen molar-refractivity contribution in [3.05, 3.63) is 35.6 Å². The van der Waals surface area contributed by atoms with E-state index in [4.69, 9.17) is 0 Å². The Hall–Kier alpha value is -0.890. The van der Waals surface area contributed by atoms with Gasteiger partial charge in [0.05, 0.1) is 0 Å². The van der Waals surface area contributed by atoms with Gasteiger partial charge in [0.25, 0.3) is 0 Å². The summed E-state index contributed by atoms with van der Waals surface area (Å²) in [5.74, 6) is 1.65. The molecule has 0 radical (unpaired) electrons. The topological polar surface area (TPSA) is 12.0 Å². The van der Waals surface area contributed by atoms with Gasteiger partial charge < -0.3 is 5.32 Å². The quantitative estimate of drug-likeness (QED) is 0.850. The summed E-state index contributed by atoms with van der Waals surface area (Å²) < 4.78 is 13.5. The van der Waals surface area contributed by atoms with Gasteiger partial charge in [-0.25, -0.2) is 4.39 Å². The molecule has 0 spiro atoms. The number of nitrogens with one attached hydrogen (secondary N) is 1. The summed E-state index contributed by atoms with van der Waals surface area (Å²) in [5, 5.41) is 3.65. The van der Waals surface area contributed by atoms with Gasteiger partial charge in [0.2, 0.25) is 0 Å². The van der Waals surface area contributed by atoms with E-state index in [-0.39, 0.29) is 5.82 Å². The van der Waals surface area contributed by atoms with E-state index < -0.39 is 0 Å². The van der Waals surface area contributed by atoms with Crippen molar-refractivity contribution in [1.82, 2.24) is 5.32 Å². The van der Waals surface area contributed by atoms with Gasteiger partial charge in [0, 0.05) is 12.6 Å². The average Bonchev–Trinajstić information content (AvgIpc) is 2.97.